The van der Waals surface area contributed by atoms with Gasteiger partial charge in [-0.1, -0.05) is 34.6 Å². The van der Waals surface area contributed by atoms with Crippen molar-refractivity contribution in [2.75, 3.05) is 6.61 Å². The Morgan fingerprint density at radius 3 is 2.50 bits per heavy atom. The van der Waals surface area contributed by atoms with Crippen LogP contribution in [0.25, 0.3) is 0 Å². The lowest BCUT2D eigenvalue weighted by molar-refractivity contribution is -0.323. The molecule has 18 heavy (non-hydrogen) atoms. The molecular weight excluding hydrogens is 228 g/mol. The van der Waals surface area contributed by atoms with Gasteiger partial charge >= 0.3 is 0 Å². The van der Waals surface area contributed by atoms with Crippen molar-refractivity contribution in [2.45, 2.75) is 65.8 Å². The lowest BCUT2D eigenvalue weighted by Gasteiger charge is -2.69. The fourth-order valence-electron chi connectivity index (χ4n) is 3.97. The molecule has 1 saturated carbocycles. The maximum absolute atomic E-state index is 10.5. The average Bonchev–Trinajstić information content (AvgIpc) is 2.32. The predicted molar refractivity (Wildman–Crippen MR) is 71.2 cm³/mol. The van der Waals surface area contributed by atoms with Crippen LogP contribution in [-0.2, 0) is 4.74 Å². The quantitative estimate of drug-likeness (QED) is 0.814. The molecule has 0 amide bonds. The number of hydrogen-bond donors (Lipinski definition) is 2. The molecular formula is C15H28O3. The first-order valence-corrected chi connectivity index (χ1v) is 7.19. The molecule has 1 aliphatic carbocycles. The van der Waals surface area contributed by atoms with Crippen LogP contribution in [0, 0.1) is 22.7 Å². The smallest absolute Gasteiger partial charge is 0.0693 e. The van der Waals surface area contributed by atoms with Crippen molar-refractivity contribution in [3.05, 3.63) is 0 Å². The van der Waals surface area contributed by atoms with E-state index in [4.69, 9.17) is 9.84 Å². The van der Waals surface area contributed by atoms with Crippen molar-refractivity contribution in [1.29, 1.82) is 0 Å². The Morgan fingerprint density at radius 1 is 1.33 bits per heavy atom. The Bertz CT molecular complexity index is 315. The number of rotatable bonds is 3. The molecule has 0 aromatic heterocycles. The van der Waals surface area contributed by atoms with Crippen LogP contribution in [0.5, 0.6) is 0 Å². The van der Waals surface area contributed by atoms with Crippen molar-refractivity contribution in [3.8, 4) is 0 Å². The molecule has 0 bridgehead atoms. The van der Waals surface area contributed by atoms with E-state index in [2.05, 4.69) is 27.7 Å². The van der Waals surface area contributed by atoms with Gasteiger partial charge in [0.1, 0.15) is 0 Å². The first kappa shape index (κ1) is 14.3. The molecule has 3 heteroatoms. The van der Waals surface area contributed by atoms with E-state index in [1.54, 1.807) is 0 Å². The van der Waals surface area contributed by atoms with Gasteiger partial charge < -0.3 is 14.9 Å². The third-order valence-electron chi connectivity index (χ3n) is 6.07. The highest BCUT2D eigenvalue weighted by molar-refractivity contribution is 5.16. The molecule has 106 valence electrons. The highest BCUT2D eigenvalue weighted by Crippen LogP contribution is 2.65. The van der Waals surface area contributed by atoms with Gasteiger partial charge in [-0.2, -0.15) is 0 Å². The second kappa shape index (κ2) is 4.46. The van der Waals surface area contributed by atoms with E-state index < -0.39 is 0 Å². The van der Waals surface area contributed by atoms with Crippen molar-refractivity contribution < 1.29 is 14.9 Å². The minimum absolute atomic E-state index is 0.0961. The van der Waals surface area contributed by atoms with Gasteiger partial charge in [-0.05, 0) is 23.7 Å². The van der Waals surface area contributed by atoms with Crippen LogP contribution in [0.1, 0.15) is 47.5 Å². The zero-order chi connectivity index (χ0) is 13.7. The van der Waals surface area contributed by atoms with E-state index in [-0.39, 0.29) is 41.7 Å². The largest absolute Gasteiger partial charge is 0.396 e. The van der Waals surface area contributed by atoms with Crippen LogP contribution < -0.4 is 0 Å². The number of ether oxygens (including phenoxy) is 1. The van der Waals surface area contributed by atoms with Gasteiger partial charge in [0.25, 0.3) is 0 Å². The Morgan fingerprint density at radius 2 is 1.94 bits per heavy atom. The summed E-state index contributed by atoms with van der Waals surface area (Å²) in [5.41, 5.74) is 0.00994. The van der Waals surface area contributed by atoms with Crippen LogP contribution in [0.4, 0.5) is 0 Å². The summed E-state index contributed by atoms with van der Waals surface area (Å²) < 4.78 is 6.21. The maximum atomic E-state index is 10.5. The summed E-state index contributed by atoms with van der Waals surface area (Å²) in [7, 11) is 0. The van der Waals surface area contributed by atoms with Gasteiger partial charge in [0.05, 0.1) is 18.3 Å². The molecule has 0 radical (unpaired) electrons. The molecule has 0 spiro atoms. The summed E-state index contributed by atoms with van der Waals surface area (Å²) in [6.45, 7) is 11.1. The third-order valence-corrected chi connectivity index (χ3v) is 6.07. The molecule has 6 atom stereocenters. The van der Waals surface area contributed by atoms with E-state index in [0.29, 0.717) is 12.3 Å². The maximum Gasteiger partial charge on any atom is 0.0693 e. The lowest BCUT2D eigenvalue weighted by Crippen LogP contribution is -2.72. The normalized spacial score (nSPS) is 48.2. The third kappa shape index (κ3) is 1.75. The Hall–Kier alpha value is -0.120. The highest BCUT2D eigenvalue weighted by Gasteiger charge is 2.68. The molecule has 2 rings (SSSR count). The van der Waals surface area contributed by atoms with Gasteiger partial charge in [-0.25, -0.2) is 0 Å². The minimum atomic E-state index is -0.293. The van der Waals surface area contributed by atoms with E-state index in [0.717, 1.165) is 6.42 Å². The van der Waals surface area contributed by atoms with Crippen LogP contribution in [-0.4, -0.2) is 35.1 Å². The lowest BCUT2D eigenvalue weighted by atomic mass is 9.41. The Balaban J connectivity index is 2.08. The number of fused-ring (bicyclic) bond motifs is 1. The summed E-state index contributed by atoms with van der Waals surface area (Å²) in [5, 5.41) is 19.7. The molecule has 1 heterocycles. The molecule has 2 fully saturated rings. The first-order chi connectivity index (χ1) is 8.25. The van der Waals surface area contributed by atoms with Crippen molar-refractivity contribution in [1.82, 2.24) is 0 Å². The van der Waals surface area contributed by atoms with Gasteiger partial charge in [-0.15, -0.1) is 0 Å². The fraction of sp³-hybridized carbons (Fsp3) is 1.00. The van der Waals surface area contributed by atoms with E-state index in [9.17, 15) is 5.11 Å². The van der Waals surface area contributed by atoms with Crippen molar-refractivity contribution in [2.24, 2.45) is 22.7 Å². The van der Waals surface area contributed by atoms with Gasteiger partial charge in [-0.3, -0.25) is 0 Å². The number of aliphatic hydroxyl groups excluding tert-OH is 2. The zero-order valence-electron chi connectivity index (χ0n) is 12.3. The van der Waals surface area contributed by atoms with Gasteiger partial charge in [0.15, 0.2) is 0 Å². The predicted octanol–water partition coefficient (Wildman–Crippen LogP) is 2.21. The zero-order valence-corrected chi connectivity index (χ0v) is 12.3. The average molecular weight is 256 g/mol. The van der Waals surface area contributed by atoms with Crippen LogP contribution in [0.2, 0.25) is 0 Å². The summed E-state index contributed by atoms with van der Waals surface area (Å²) in [6.07, 6.45) is 1.50. The molecule has 2 N–H and O–H groups in total. The van der Waals surface area contributed by atoms with Crippen LogP contribution >= 0.6 is 0 Å². The minimum Gasteiger partial charge on any atom is -0.396 e. The van der Waals surface area contributed by atoms with Crippen LogP contribution in [0.3, 0.4) is 0 Å². The van der Waals surface area contributed by atoms with Gasteiger partial charge in [0.2, 0.25) is 0 Å². The first-order valence-electron chi connectivity index (χ1n) is 7.19. The summed E-state index contributed by atoms with van der Waals surface area (Å²) in [4.78, 5) is 0. The number of hydrogen-bond acceptors (Lipinski definition) is 3. The molecule has 3 nitrogen and oxygen atoms in total. The molecule has 0 aromatic rings. The van der Waals surface area contributed by atoms with Crippen molar-refractivity contribution >= 4 is 0 Å². The summed E-state index contributed by atoms with van der Waals surface area (Å²) in [5.74, 6) is 0.722. The molecule has 1 saturated heterocycles. The molecule has 2 aliphatic rings. The second-order valence-corrected chi connectivity index (χ2v) is 7.25. The monoisotopic (exact) mass is 256 g/mol. The fourth-order valence-corrected chi connectivity index (χ4v) is 3.97. The second-order valence-electron chi connectivity index (χ2n) is 7.25. The standard InChI is InChI=1S/C15H28O3/c1-9(8-16)6-11-7-12(17)15(5)13(18-11)10(2)14(15,3)4/h9-13,16-17H,6-8H2,1-5H3/t9?,10?,11?,12?,13?,15-/m0/s1. The van der Waals surface area contributed by atoms with Crippen LogP contribution in [0.15, 0.2) is 0 Å². The molecule has 1 aliphatic heterocycles. The molecule has 5 unspecified atom stereocenters. The highest BCUT2D eigenvalue weighted by atomic mass is 16.5. The SMILES string of the molecule is CC(CO)CC1CC(O)[C@@]2(C)C(O1)C(C)C2(C)C. The number of aliphatic hydroxyl groups is 2. The molecule has 0 aromatic carbocycles. The Labute approximate surface area is 111 Å². The Kier molecular flexibility index (Phi) is 3.54. The van der Waals surface area contributed by atoms with Gasteiger partial charge in [0, 0.05) is 18.4 Å². The van der Waals surface area contributed by atoms with E-state index in [1.807, 2.05) is 6.92 Å². The van der Waals surface area contributed by atoms with E-state index >= 15 is 0 Å². The summed E-state index contributed by atoms with van der Waals surface area (Å²) in [6, 6.07) is 0. The summed E-state index contributed by atoms with van der Waals surface area (Å²) >= 11 is 0. The topological polar surface area (TPSA) is 49.7 Å². The van der Waals surface area contributed by atoms with Crippen molar-refractivity contribution in [3.63, 3.8) is 0 Å². The van der Waals surface area contributed by atoms with E-state index in [1.165, 1.54) is 0 Å².